The molecule has 4 aliphatic rings. The molecule has 0 aliphatic carbocycles. The fourth-order valence-corrected chi connectivity index (χ4v) is 8.79. The van der Waals surface area contributed by atoms with Gasteiger partial charge in [0.2, 0.25) is 5.91 Å². The van der Waals surface area contributed by atoms with E-state index in [9.17, 15) is 19.5 Å². The van der Waals surface area contributed by atoms with E-state index < -0.39 is 11.4 Å². The molecule has 0 spiro atoms. The summed E-state index contributed by atoms with van der Waals surface area (Å²) in [6.45, 7) is 4.26. The summed E-state index contributed by atoms with van der Waals surface area (Å²) >= 11 is 13.0. The van der Waals surface area contributed by atoms with Crippen molar-refractivity contribution < 1.29 is 24.2 Å². The molecule has 3 aromatic carbocycles. The lowest BCUT2D eigenvalue weighted by Crippen LogP contribution is -2.57. The highest BCUT2D eigenvalue weighted by Gasteiger charge is 2.46. The average molecular weight is 775 g/mol. The fraction of sp³-hybridized carbons (Fsp3) is 0.450. The molecule has 3 aromatic rings. The summed E-state index contributed by atoms with van der Waals surface area (Å²) in [5.41, 5.74) is 5.39. The first kappa shape index (κ1) is 37.9. The predicted octanol–water partition coefficient (Wildman–Crippen LogP) is 6.53. The molecule has 4 heterocycles. The molecule has 2 amide bonds. The van der Waals surface area contributed by atoms with Crippen molar-refractivity contribution in [1.29, 1.82) is 0 Å². The Kier molecular flexibility index (Phi) is 11.4. The molecular weight excluding hydrogens is 729 g/mol. The minimum Gasteiger partial charge on any atom is -0.496 e. The Labute approximate surface area is 325 Å². The van der Waals surface area contributed by atoms with Crippen LogP contribution in [-0.4, -0.2) is 96.8 Å². The van der Waals surface area contributed by atoms with Gasteiger partial charge in [-0.1, -0.05) is 65.7 Å². The van der Waals surface area contributed by atoms with Crippen molar-refractivity contribution in [2.24, 2.45) is 21.4 Å². The number of amides is 2. The maximum atomic E-state index is 14.2. The molecule has 0 aromatic heterocycles. The second kappa shape index (κ2) is 16.2. The van der Waals surface area contributed by atoms with Crippen molar-refractivity contribution in [3.05, 3.63) is 99.0 Å². The lowest BCUT2D eigenvalue weighted by molar-refractivity contribution is -0.144. The molecular formula is C40H45Cl2N7O5. The summed E-state index contributed by atoms with van der Waals surface area (Å²) in [7, 11) is 1.56. The Morgan fingerprint density at radius 2 is 1.67 bits per heavy atom. The highest BCUT2D eigenvalue weighted by molar-refractivity contribution is 6.42. The van der Waals surface area contributed by atoms with E-state index in [-0.39, 0.29) is 29.2 Å². The first-order valence-electron chi connectivity index (χ1n) is 18.5. The maximum Gasteiger partial charge on any atom is 0.306 e. The Balaban J connectivity index is 1.07. The first-order valence-corrected chi connectivity index (χ1v) is 19.3. The summed E-state index contributed by atoms with van der Waals surface area (Å²) < 4.78 is 5.63. The third-order valence-corrected chi connectivity index (χ3v) is 12.6. The molecule has 3 saturated heterocycles. The van der Waals surface area contributed by atoms with Gasteiger partial charge in [0.1, 0.15) is 11.8 Å². The second-order valence-electron chi connectivity index (χ2n) is 14.8. The number of carbonyl (C=O) groups excluding carboxylic acids is 2. The summed E-state index contributed by atoms with van der Waals surface area (Å²) in [5.74, 6) is -0.818. The minimum atomic E-state index is -0.777. The van der Waals surface area contributed by atoms with Gasteiger partial charge in [0.25, 0.3) is 5.91 Å². The number of ether oxygens (including phenoxy) is 1. The van der Waals surface area contributed by atoms with Crippen LogP contribution in [0.5, 0.6) is 5.75 Å². The van der Waals surface area contributed by atoms with E-state index in [0.29, 0.717) is 73.2 Å². The third-order valence-electron chi connectivity index (χ3n) is 11.9. The van der Waals surface area contributed by atoms with Gasteiger partial charge in [-0.15, -0.1) is 5.10 Å². The van der Waals surface area contributed by atoms with Crippen LogP contribution in [-0.2, 0) is 20.4 Å². The number of halogens is 2. The van der Waals surface area contributed by atoms with E-state index in [4.69, 9.17) is 27.9 Å². The van der Waals surface area contributed by atoms with Gasteiger partial charge < -0.3 is 19.6 Å². The third kappa shape index (κ3) is 7.75. The smallest absolute Gasteiger partial charge is 0.306 e. The van der Waals surface area contributed by atoms with Gasteiger partial charge in [-0.3, -0.25) is 19.8 Å². The summed E-state index contributed by atoms with van der Waals surface area (Å²) in [4.78, 5) is 44.2. The second-order valence-corrected chi connectivity index (χ2v) is 15.7. The van der Waals surface area contributed by atoms with Crippen LogP contribution in [0.4, 0.5) is 0 Å². The van der Waals surface area contributed by atoms with Crippen LogP contribution in [0, 0.1) is 5.92 Å². The lowest BCUT2D eigenvalue weighted by Gasteiger charge is -2.43. The lowest BCUT2D eigenvalue weighted by atomic mass is 9.71. The Hall–Kier alpha value is -4.36. The Bertz CT molecular complexity index is 1920. The maximum absolute atomic E-state index is 14.2. The number of carbonyl (C=O) groups is 3. The molecule has 0 saturated carbocycles. The largest absolute Gasteiger partial charge is 0.496 e. The number of hydrazine groups is 1. The number of nitrogens with one attached hydrogen (secondary N) is 1. The molecule has 12 nitrogen and oxygen atoms in total. The number of nitrogens with zero attached hydrogens (tertiary/aromatic N) is 6. The molecule has 54 heavy (non-hydrogen) atoms. The summed E-state index contributed by atoms with van der Waals surface area (Å²) in [6, 6.07) is 20.9. The van der Waals surface area contributed by atoms with Crippen LogP contribution >= 0.6 is 23.2 Å². The van der Waals surface area contributed by atoms with E-state index >= 15 is 0 Å². The minimum absolute atomic E-state index is 0.0397. The van der Waals surface area contributed by atoms with Gasteiger partial charge in [-0.05, 0) is 104 Å². The van der Waals surface area contributed by atoms with Crippen LogP contribution < -0.4 is 10.2 Å². The number of benzene rings is 3. The van der Waals surface area contributed by atoms with Crippen LogP contribution in [0.1, 0.15) is 71.6 Å². The van der Waals surface area contributed by atoms with Gasteiger partial charge in [-0.25, -0.2) is 5.01 Å². The standard InChI is InChI=1S/C40H45Cl2N7O5/c1-54-35-10-7-28(34-25-43-46-44-34)23-31(35)36(50)48-22-14-39(26-48,30-8-9-32(41)33(42)24-30)13-19-47-20-15-40(16-21-47,29-5-3-2-4-6-29)38(53)45-49-17-11-27(12-18-49)37(51)52/h2-10,23-25,27,34H,11-22,26H2,1H3,(H,45,53)(H,51,52). The van der Waals surface area contributed by atoms with E-state index in [1.165, 1.54) is 0 Å². The van der Waals surface area contributed by atoms with E-state index in [1.807, 2.05) is 70.6 Å². The zero-order valence-electron chi connectivity index (χ0n) is 30.3. The molecule has 3 fully saturated rings. The van der Waals surface area contributed by atoms with Crippen molar-refractivity contribution >= 4 is 47.2 Å². The SMILES string of the molecule is COc1ccc(C2C=NN=N2)cc1C(=O)N1CCC(CCN2CCC(C(=O)NN3CCC(C(=O)O)CC3)(c3ccccc3)CC2)(c2ccc(Cl)c(Cl)c2)C1. The Morgan fingerprint density at radius 1 is 0.907 bits per heavy atom. The highest BCUT2D eigenvalue weighted by atomic mass is 35.5. The number of carboxylic acid groups (broad SMARTS) is 1. The highest BCUT2D eigenvalue weighted by Crippen LogP contribution is 2.43. The van der Waals surface area contributed by atoms with Crippen molar-refractivity contribution in [2.75, 3.05) is 52.9 Å². The van der Waals surface area contributed by atoms with Gasteiger partial charge in [0, 0.05) is 31.6 Å². The van der Waals surface area contributed by atoms with Gasteiger partial charge in [0.15, 0.2) is 0 Å². The zero-order chi connectivity index (χ0) is 37.9. The van der Waals surface area contributed by atoms with E-state index in [2.05, 4.69) is 25.8 Å². The quantitative estimate of drug-likeness (QED) is 0.226. The van der Waals surface area contributed by atoms with Crippen LogP contribution in [0.15, 0.2) is 82.2 Å². The number of piperidine rings is 2. The monoisotopic (exact) mass is 773 g/mol. The molecule has 2 N–H and O–H groups in total. The normalized spacial score (nSPS) is 23.1. The molecule has 0 radical (unpaired) electrons. The molecule has 4 aliphatic heterocycles. The Morgan fingerprint density at radius 3 is 2.33 bits per heavy atom. The fourth-order valence-electron chi connectivity index (χ4n) is 8.49. The molecule has 2 atom stereocenters. The number of rotatable bonds is 11. The molecule has 14 heteroatoms. The molecule has 0 bridgehead atoms. The van der Waals surface area contributed by atoms with Gasteiger partial charge in [0.05, 0.1) is 40.3 Å². The molecule has 2 unspecified atom stereocenters. The number of hydrogen-bond acceptors (Lipinski definition) is 9. The number of methoxy groups -OCH3 is 1. The zero-order valence-corrected chi connectivity index (χ0v) is 31.8. The van der Waals surface area contributed by atoms with E-state index in [0.717, 1.165) is 49.2 Å². The van der Waals surface area contributed by atoms with Crippen LogP contribution in [0.25, 0.3) is 0 Å². The van der Waals surface area contributed by atoms with Crippen molar-refractivity contribution in [2.45, 2.75) is 55.4 Å². The topological polar surface area (TPSA) is 140 Å². The van der Waals surface area contributed by atoms with Crippen molar-refractivity contribution in [1.82, 2.24) is 20.2 Å². The summed E-state index contributed by atoms with van der Waals surface area (Å²) in [5, 5.41) is 24.0. The van der Waals surface area contributed by atoms with Gasteiger partial charge in [-0.2, -0.15) is 5.11 Å². The molecule has 7 rings (SSSR count). The number of hydrogen-bond donors (Lipinski definition) is 2. The van der Waals surface area contributed by atoms with Crippen LogP contribution in [0.3, 0.4) is 0 Å². The van der Waals surface area contributed by atoms with Gasteiger partial charge >= 0.3 is 5.97 Å². The first-order chi connectivity index (χ1) is 26.1. The average Bonchev–Trinajstić information content (AvgIpc) is 3.91. The predicted molar refractivity (Wildman–Crippen MR) is 206 cm³/mol. The van der Waals surface area contributed by atoms with E-state index in [1.54, 1.807) is 19.4 Å². The van der Waals surface area contributed by atoms with Crippen LogP contribution in [0.2, 0.25) is 10.0 Å². The van der Waals surface area contributed by atoms with Crippen molar-refractivity contribution in [3.8, 4) is 5.75 Å². The summed E-state index contributed by atoms with van der Waals surface area (Å²) in [6.07, 6.45) is 5.45. The number of likely N-dealkylation sites (tertiary alicyclic amines) is 2. The van der Waals surface area contributed by atoms with Crippen molar-refractivity contribution in [3.63, 3.8) is 0 Å². The number of carboxylic acids is 1. The number of aliphatic carboxylic acids is 1. The molecule has 284 valence electrons.